The van der Waals surface area contributed by atoms with E-state index in [0.29, 0.717) is 53.6 Å². The van der Waals surface area contributed by atoms with Gasteiger partial charge in [0.1, 0.15) is 51.9 Å². The van der Waals surface area contributed by atoms with Gasteiger partial charge in [-0.15, -0.1) is 0 Å². The molecule has 7 heteroatoms. The van der Waals surface area contributed by atoms with E-state index in [1.54, 1.807) is 0 Å². The molecule has 52 heavy (non-hydrogen) atoms. The van der Waals surface area contributed by atoms with Crippen molar-refractivity contribution in [1.29, 1.82) is 0 Å². The largest absolute Gasteiger partial charge is 1.00 e. The number of nitrogens with zero attached hydrogens (tertiary/aromatic N) is 2. The highest BCUT2D eigenvalue weighted by Gasteiger charge is 2.71. The van der Waals surface area contributed by atoms with E-state index < -0.39 is 0 Å². The van der Waals surface area contributed by atoms with Gasteiger partial charge in [-0.3, -0.25) is 0 Å². The van der Waals surface area contributed by atoms with Gasteiger partial charge in [-0.2, -0.15) is 0 Å². The van der Waals surface area contributed by atoms with Crippen molar-refractivity contribution < 1.29 is 48.4 Å². The van der Waals surface area contributed by atoms with E-state index in [-0.39, 0.29) is 53.1 Å². The van der Waals surface area contributed by atoms with Gasteiger partial charge in [0.2, 0.25) is 0 Å². The molecule has 8 aliphatic rings. The minimum atomic E-state index is -0.0254. The Morgan fingerprint density at radius 2 is 1.44 bits per heavy atom. The average molecular weight is 758 g/mol. The van der Waals surface area contributed by atoms with Crippen LogP contribution in [0.1, 0.15) is 111 Å². The van der Waals surface area contributed by atoms with E-state index in [1.807, 2.05) is 0 Å². The smallest absolute Gasteiger partial charge is 0.362 e. The third-order valence-electron chi connectivity index (χ3n) is 18.7. The van der Waals surface area contributed by atoms with E-state index in [9.17, 15) is 9.90 Å². The monoisotopic (exact) mass is 756 g/mol. The second-order valence-corrected chi connectivity index (χ2v) is 20.9. The van der Waals surface area contributed by atoms with Gasteiger partial charge in [0, 0.05) is 17.6 Å². The number of fused-ring (bicyclic) bond motifs is 10. The predicted octanol–water partition coefficient (Wildman–Crippen LogP) is 2.42. The van der Waals surface area contributed by atoms with Gasteiger partial charge in [0.15, 0.2) is 6.54 Å². The SMILES string of the molecule is C=C(C)[C@@H]1CC[C@]2(CO)CC[C@]3(C)C(CCC4[C@@]5(C)CC[C@H](OC(=O)C[N+]67CC[N+](Cc8ccccc8)(CC6)CC7)C(C)(C)C5CC[C@]43C)C12.[Cl-].[Cl-]. The summed E-state index contributed by atoms with van der Waals surface area (Å²) in [6, 6.07) is 11.0. The zero-order valence-corrected chi connectivity index (χ0v) is 34.9. The fourth-order valence-electron chi connectivity index (χ4n) is 15.6. The first-order chi connectivity index (χ1) is 23.7. The maximum atomic E-state index is 13.9. The normalized spacial score (nSPS) is 47.0. The lowest BCUT2D eigenvalue weighted by Gasteiger charge is -2.73. The lowest BCUT2D eigenvalue weighted by Crippen LogP contribution is -3.00. The van der Waals surface area contributed by atoms with Crippen LogP contribution in [-0.4, -0.2) is 78.6 Å². The van der Waals surface area contributed by atoms with Crippen LogP contribution in [0.3, 0.4) is 0 Å². The molecule has 10 atom stereocenters. The van der Waals surface area contributed by atoms with Crippen LogP contribution >= 0.6 is 0 Å². The molecule has 0 radical (unpaired) electrons. The first-order valence-electron chi connectivity index (χ1n) is 20.8. The number of benzene rings is 1. The number of carbonyl (C=O) groups is 1. The van der Waals surface area contributed by atoms with Crippen molar-refractivity contribution in [1.82, 2.24) is 0 Å². The Balaban J connectivity index is 0.00000232. The fraction of sp³-hybridized carbons (Fsp3) is 0.800. The molecule has 4 unspecified atom stereocenters. The number of esters is 1. The molecule has 0 spiro atoms. The number of allylic oxidation sites excluding steroid dienone is 1. The molecule has 1 N–H and O–H groups in total. The Bertz CT molecular complexity index is 1480. The molecule has 5 nitrogen and oxygen atoms in total. The third kappa shape index (κ3) is 5.90. The molecule has 5 aliphatic carbocycles. The number of piperazine rings is 3. The van der Waals surface area contributed by atoms with Crippen molar-refractivity contribution in [3.63, 3.8) is 0 Å². The van der Waals surface area contributed by atoms with Crippen LogP contribution in [0.2, 0.25) is 0 Å². The molecule has 3 saturated heterocycles. The highest BCUT2D eigenvalue weighted by atomic mass is 35.5. The number of rotatable bonds is 7. The van der Waals surface area contributed by atoms with E-state index in [2.05, 4.69) is 78.5 Å². The van der Waals surface area contributed by atoms with E-state index in [1.165, 1.54) is 93.0 Å². The summed E-state index contributed by atoms with van der Waals surface area (Å²) in [5, 5.41) is 10.9. The maximum absolute atomic E-state index is 13.9. The van der Waals surface area contributed by atoms with Crippen LogP contribution in [0.4, 0.5) is 0 Å². The van der Waals surface area contributed by atoms with Crippen molar-refractivity contribution in [2.24, 2.45) is 56.7 Å². The number of aliphatic hydroxyl groups excluding tert-OH is 1. The first kappa shape index (κ1) is 40.6. The Morgan fingerprint density at radius 1 is 0.788 bits per heavy atom. The van der Waals surface area contributed by atoms with Crippen molar-refractivity contribution >= 4 is 5.97 Å². The number of ether oxygens (including phenoxy) is 1. The van der Waals surface area contributed by atoms with Gasteiger partial charge in [-0.25, -0.2) is 4.79 Å². The standard InChI is InChI=1S/C45H70N2O3.2ClH/c1-32(2)34-15-20-45(31-48)22-21-43(6)35(40(34)45)13-14-37-42(5)18-17-38(41(3,4)36(42)16-19-44(37,43)7)50-39(49)30-47-26-23-46(24-27-47,25-28-47)29-33-11-9-8-10-12-33;;/h8-12,34-38,40,48H,1,13-31H2,2-7H3;2*1H/q+2;;/p-2/t34-,35?,36?,37?,38-,40?,42-,43+,44+,45+,46?,47?;;/m0../s1. The number of hydrogen-bond donors (Lipinski definition) is 1. The van der Waals surface area contributed by atoms with Crippen LogP contribution in [0.5, 0.6) is 0 Å². The number of aliphatic hydroxyl groups is 1. The van der Waals surface area contributed by atoms with E-state index in [0.717, 1.165) is 37.1 Å². The summed E-state index contributed by atoms with van der Waals surface area (Å²) < 4.78 is 8.77. The number of carbonyl (C=O) groups excluding carboxylic acids is 1. The van der Waals surface area contributed by atoms with Gasteiger partial charge in [-0.05, 0) is 122 Å². The predicted molar refractivity (Wildman–Crippen MR) is 201 cm³/mol. The zero-order valence-electron chi connectivity index (χ0n) is 33.4. The fourth-order valence-corrected chi connectivity index (χ4v) is 15.6. The molecule has 8 fully saturated rings. The summed E-state index contributed by atoms with van der Waals surface area (Å²) >= 11 is 0. The molecule has 2 bridgehead atoms. The number of quaternary nitrogens is 2. The lowest BCUT2D eigenvalue weighted by molar-refractivity contribution is -1.08. The number of halogens is 2. The van der Waals surface area contributed by atoms with Gasteiger partial charge in [0.25, 0.3) is 0 Å². The van der Waals surface area contributed by atoms with Crippen molar-refractivity contribution in [2.45, 2.75) is 118 Å². The highest BCUT2D eigenvalue weighted by molar-refractivity contribution is 5.71. The third-order valence-corrected chi connectivity index (χ3v) is 18.7. The molecule has 0 amide bonds. The topological polar surface area (TPSA) is 46.5 Å². The summed E-state index contributed by atoms with van der Waals surface area (Å²) in [5.74, 6) is 3.17. The summed E-state index contributed by atoms with van der Waals surface area (Å²) in [6.07, 6.45) is 12.2. The lowest BCUT2D eigenvalue weighted by atomic mass is 9.32. The molecule has 5 saturated carbocycles. The zero-order chi connectivity index (χ0) is 35.4. The summed E-state index contributed by atoms with van der Waals surface area (Å²) in [6.45, 7) is 28.6. The molecular weight excluding hydrogens is 687 g/mol. The van der Waals surface area contributed by atoms with Crippen LogP contribution in [-0.2, 0) is 16.1 Å². The molecule has 0 aromatic heterocycles. The minimum absolute atomic E-state index is 0. The summed E-state index contributed by atoms with van der Waals surface area (Å²) in [5.41, 5.74) is 3.75. The van der Waals surface area contributed by atoms with Crippen LogP contribution < -0.4 is 24.8 Å². The van der Waals surface area contributed by atoms with Crippen LogP contribution in [0.15, 0.2) is 42.5 Å². The van der Waals surface area contributed by atoms with Crippen molar-refractivity contribution in [3.8, 4) is 0 Å². The number of hydrogen-bond acceptors (Lipinski definition) is 3. The summed E-state index contributed by atoms with van der Waals surface area (Å²) in [4.78, 5) is 13.9. The second-order valence-electron chi connectivity index (χ2n) is 20.9. The molecule has 3 aliphatic heterocycles. The molecule has 1 aromatic carbocycles. The van der Waals surface area contributed by atoms with Crippen molar-refractivity contribution in [2.75, 3.05) is 52.4 Å². The first-order valence-corrected chi connectivity index (χ1v) is 20.8. The molecule has 9 rings (SSSR count). The van der Waals surface area contributed by atoms with Crippen molar-refractivity contribution in [3.05, 3.63) is 48.0 Å². The van der Waals surface area contributed by atoms with E-state index in [4.69, 9.17) is 4.74 Å². The van der Waals surface area contributed by atoms with Gasteiger partial charge in [0.05, 0.1) is 0 Å². The Labute approximate surface area is 328 Å². The molecular formula is C45H70Cl2N2O3. The van der Waals surface area contributed by atoms with Gasteiger partial charge >= 0.3 is 5.97 Å². The Morgan fingerprint density at radius 3 is 2.08 bits per heavy atom. The molecule has 1 aromatic rings. The van der Waals surface area contributed by atoms with E-state index >= 15 is 0 Å². The Kier molecular flexibility index (Phi) is 10.8. The second kappa shape index (κ2) is 13.8. The highest BCUT2D eigenvalue weighted by Crippen LogP contribution is 2.77. The maximum Gasteiger partial charge on any atom is 0.362 e. The van der Waals surface area contributed by atoms with Crippen LogP contribution in [0.25, 0.3) is 0 Å². The minimum Gasteiger partial charge on any atom is -1.00 e. The molecule has 3 heterocycles. The van der Waals surface area contributed by atoms with Crippen LogP contribution in [0, 0.1) is 56.7 Å². The van der Waals surface area contributed by atoms with Gasteiger partial charge < -0.3 is 43.6 Å². The summed E-state index contributed by atoms with van der Waals surface area (Å²) in [7, 11) is 0. The van der Waals surface area contributed by atoms with Gasteiger partial charge in [-0.1, -0.05) is 77.1 Å². The molecule has 292 valence electrons. The quantitative estimate of drug-likeness (QED) is 0.265. The average Bonchev–Trinajstić information content (AvgIpc) is 3.48. The Hall–Kier alpha value is -1.11.